The Bertz CT molecular complexity index is 2070. The zero-order valence-electron chi connectivity index (χ0n) is 22.3. The van der Waals surface area contributed by atoms with Crippen molar-refractivity contribution >= 4 is 17.4 Å². The first-order valence-electron chi connectivity index (χ1n) is 11.7. The number of rotatable bonds is 4. The first kappa shape index (κ1) is 30.8. The summed E-state index contributed by atoms with van der Waals surface area (Å²) in [6.45, 7) is 1.69. The Morgan fingerprint density at radius 3 is 1.31 bits per heavy atom. The number of ether oxygens (including phenoxy) is 1. The van der Waals surface area contributed by atoms with Crippen LogP contribution in [0.2, 0.25) is 0 Å². The lowest BCUT2D eigenvalue weighted by atomic mass is 10.1. The molecular formula is C38H15NO3. The van der Waals surface area contributed by atoms with Gasteiger partial charge in [0.1, 0.15) is 5.75 Å². The highest BCUT2D eigenvalue weighted by molar-refractivity contribution is 6.09. The Morgan fingerprint density at radius 2 is 0.905 bits per heavy atom. The molecule has 190 valence electrons. The van der Waals surface area contributed by atoms with Gasteiger partial charge >= 0.3 is 5.97 Å². The van der Waals surface area contributed by atoms with E-state index in [4.69, 9.17) is 4.74 Å². The van der Waals surface area contributed by atoms with Crippen LogP contribution in [0.15, 0.2) is 48.5 Å². The summed E-state index contributed by atoms with van der Waals surface area (Å²) >= 11 is 0. The van der Waals surface area contributed by atoms with Crippen LogP contribution < -0.4 is 10.1 Å². The van der Waals surface area contributed by atoms with Crippen molar-refractivity contribution in [3.8, 4) is 136 Å². The highest BCUT2D eigenvalue weighted by Gasteiger charge is 2.10. The average Bonchev–Trinajstić information content (AvgIpc) is 3.02. The van der Waals surface area contributed by atoms with Gasteiger partial charge in [-0.3, -0.25) is 4.79 Å². The SMILES string of the molecule is CC#CC#CC#CC#CC#CC#CC#CC#CC#CC#CC#CC(=O)c1ccc(C(=O)Oc2ccc(NC)cc2)cc1. The van der Waals surface area contributed by atoms with E-state index in [0.717, 1.165) is 5.69 Å². The van der Waals surface area contributed by atoms with Crippen LogP contribution in [-0.4, -0.2) is 18.8 Å². The second kappa shape index (κ2) is 19.6. The molecule has 0 aliphatic heterocycles. The number of hydrogen-bond acceptors (Lipinski definition) is 4. The molecule has 0 aliphatic rings. The number of anilines is 1. The van der Waals surface area contributed by atoms with E-state index >= 15 is 0 Å². The van der Waals surface area contributed by atoms with E-state index in [9.17, 15) is 9.59 Å². The molecule has 0 saturated heterocycles. The van der Waals surface area contributed by atoms with Crippen LogP contribution >= 0.6 is 0 Å². The van der Waals surface area contributed by atoms with Crippen LogP contribution in [0.3, 0.4) is 0 Å². The second-order valence-electron chi connectivity index (χ2n) is 6.95. The van der Waals surface area contributed by atoms with E-state index in [-0.39, 0.29) is 0 Å². The number of benzene rings is 2. The third-order valence-electron chi connectivity index (χ3n) is 4.22. The molecule has 0 aliphatic carbocycles. The smallest absolute Gasteiger partial charge is 0.343 e. The number of nitrogens with one attached hydrogen (secondary N) is 1. The van der Waals surface area contributed by atoms with E-state index in [1.54, 1.807) is 38.2 Å². The molecule has 0 unspecified atom stereocenters. The normalized spacial score (nSPS) is 6.81. The summed E-state index contributed by atoms with van der Waals surface area (Å²) in [4.78, 5) is 24.5. The quantitative estimate of drug-likeness (QED) is 0.216. The van der Waals surface area contributed by atoms with Crippen molar-refractivity contribution in [1.82, 2.24) is 0 Å². The van der Waals surface area contributed by atoms with Crippen LogP contribution in [-0.2, 0) is 0 Å². The van der Waals surface area contributed by atoms with Crippen molar-refractivity contribution in [2.75, 3.05) is 12.4 Å². The van der Waals surface area contributed by atoms with Crippen molar-refractivity contribution in [1.29, 1.82) is 0 Å². The number of hydrogen-bond donors (Lipinski definition) is 1. The van der Waals surface area contributed by atoms with Crippen LogP contribution in [0.25, 0.3) is 0 Å². The van der Waals surface area contributed by atoms with E-state index < -0.39 is 11.8 Å². The zero-order chi connectivity index (χ0) is 30.1. The van der Waals surface area contributed by atoms with E-state index in [2.05, 4.69) is 136 Å². The van der Waals surface area contributed by atoms with E-state index in [1.165, 1.54) is 24.3 Å². The first-order chi connectivity index (χ1) is 20.6. The molecule has 2 aromatic carbocycles. The Balaban J connectivity index is 1.81. The monoisotopic (exact) mass is 533 g/mol. The minimum absolute atomic E-state index is 0.298. The fourth-order valence-electron chi connectivity index (χ4n) is 2.40. The largest absolute Gasteiger partial charge is 0.423 e. The van der Waals surface area contributed by atoms with Gasteiger partial charge in [0.25, 0.3) is 0 Å². The molecule has 0 saturated carbocycles. The summed E-state index contributed by atoms with van der Waals surface area (Å²) in [5, 5.41) is 2.98. The van der Waals surface area contributed by atoms with Crippen molar-refractivity contribution in [3.63, 3.8) is 0 Å². The number of esters is 1. The molecule has 2 rings (SSSR count). The predicted octanol–water partition coefficient (Wildman–Crippen LogP) is 3.19. The third kappa shape index (κ3) is 13.2. The van der Waals surface area contributed by atoms with Gasteiger partial charge in [-0.05, 0) is 156 Å². The summed E-state index contributed by atoms with van der Waals surface area (Å²) in [5.41, 5.74) is 1.50. The lowest BCUT2D eigenvalue weighted by Gasteiger charge is -2.06. The van der Waals surface area contributed by atoms with Crippen molar-refractivity contribution in [3.05, 3.63) is 59.7 Å². The van der Waals surface area contributed by atoms with Gasteiger partial charge in [-0.25, -0.2) is 4.79 Å². The van der Waals surface area contributed by atoms with Gasteiger partial charge in [-0.1, -0.05) is 5.92 Å². The number of Topliss-reactive ketones (excluding diaryl/α,β-unsaturated/α-hetero) is 1. The number of carbonyl (C=O) groups excluding carboxylic acids is 2. The summed E-state index contributed by atoms with van der Waals surface area (Å²) in [6.07, 6.45) is 0. The van der Waals surface area contributed by atoms with Gasteiger partial charge in [0.05, 0.1) is 5.56 Å². The third-order valence-corrected chi connectivity index (χ3v) is 4.22. The molecule has 0 aromatic heterocycles. The van der Waals surface area contributed by atoms with Gasteiger partial charge in [-0.15, -0.1) is 0 Å². The lowest BCUT2D eigenvalue weighted by Crippen LogP contribution is -2.09. The Kier molecular flexibility index (Phi) is 14.4. The van der Waals surface area contributed by atoms with Gasteiger partial charge in [0.15, 0.2) is 0 Å². The average molecular weight is 534 g/mol. The van der Waals surface area contributed by atoms with Gasteiger partial charge in [0, 0.05) is 42.0 Å². The fourth-order valence-corrected chi connectivity index (χ4v) is 2.40. The van der Waals surface area contributed by atoms with Crippen molar-refractivity contribution in [2.24, 2.45) is 0 Å². The molecule has 0 atom stereocenters. The molecule has 1 N–H and O–H groups in total. The highest BCUT2D eigenvalue weighted by Crippen LogP contribution is 2.17. The van der Waals surface area contributed by atoms with Crippen LogP contribution in [0, 0.1) is 130 Å². The van der Waals surface area contributed by atoms with Gasteiger partial charge < -0.3 is 10.1 Å². The first-order valence-corrected chi connectivity index (χ1v) is 11.7. The summed E-state index contributed by atoms with van der Waals surface area (Å²) < 4.78 is 5.33. The minimum atomic E-state index is -0.539. The van der Waals surface area contributed by atoms with Crippen LogP contribution in [0.4, 0.5) is 5.69 Å². The summed E-state index contributed by atoms with van der Waals surface area (Å²) in [6, 6.07) is 12.9. The Labute approximate surface area is 246 Å². The number of carbonyl (C=O) groups is 2. The zero-order valence-corrected chi connectivity index (χ0v) is 22.3. The maximum absolute atomic E-state index is 12.3. The van der Waals surface area contributed by atoms with E-state index in [1.807, 2.05) is 0 Å². The van der Waals surface area contributed by atoms with Crippen LogP contribution in [0.1, 0.15) is 27.6 Å². The van der Waals surface area contributed by atoms with Crippen molar-refractivity contribution < 1.29 is 14.3 Å². The lowest BCUT2D eigenvalue weighted by molar-refractivity contribution is 0.0734. The number of ketones is 1. The summed E-state index contributed by atoms with van der Waals surface area (Å²) in [7, 11) is 1.79. The Morgan fingerprint density at radius 1 is 0.524 bits per heavy atom. The summed E-state index contributed by atoms with van der Waals surface area (Å²) in [5.74, 6) is 54.3. The highest BCUT2D eigenvalue weighted by atomic mass is 16.5. The second-order valence-corrected chi connectivity index (χ2v) is 6.95. The molecule has 0 bridgehead atoms. The minimum Gasteiger partial charge on any atom is -0.423 e. The molecule has 0 spiro atoms. The topological polar surface area (TPSA) is 55.4 Å². The maximum Gasteiger partial charge on any atom is 0.343 e. The molecule has 0 heterocycles. The Hall–Kier alpha value is -7.46. The molecule has 0 radical (unpaired) electrons. The van der Waals surface area contributed by atoms with Gasteiger partial charge in [-0.2, -0.15) is 0 Å². The molecular weight excluding hydrogens is 518 g/mol. The molecule has 4 heteroatoms. The predicted molar refractivity (Wildman–Crippen MR) is 163 cm³/mol. The molecule has 4 nitrogen and oxygen atoms in total. The van der Waals surface area contributed by atoms with Crippen molar-refractivity contribution in [2.45, 2.75) is 6.92 Å². The molecule has 2 aromatic rings. The molecule has 42 heavy (non-hydrogen) atoms. The van der Waals surface area contributed by atoms with Crippen LogP contribution in [0.5, 0.6) is 5.75 Å². The fraction of sp³-hybridized carbons (Fsp3) is 0.0526. The van der Waals surface area contributed by atoms with E-state index in [0.29, 0.717) is 16.9 Å². The standard InChI is InChI=1S/C38H15NO3/c1-3-4-5-6-7-8-9-10-11-12-13-14-15-16-17-18-19-20-21-22-23-24-37(40)33-25-27-34(28-26-33)38(41)42-36-31-29-35(39-2)30-32-36/h25-32,39H,1-2H3. The maximum atomic E-state index is 12.3. The van der Waals surface area contributed by atoms with Gasteiger partial charge in [0.2, 0.25) is 5.78 Å². The molecule has 0 fully saturated rings. The molecule has 0 amide bonds.